The smallest absolute Gasteiger partial charge is 0.126 e. The van der Waals surface area contributed by atoms with Gasteiger partial charge in [0, 0.05) is 28.6 Å². The first-order chi connectivity index (χ1) is 11.4. The zero-order valence-electron chi connectivity index (χ0n) is 12.1. The van der Waals surface area contributed by atoms with Crippen LogP contribution in [-0.2, 0) is 0 Å². The van der Waals surface area contributed by atoms with Crippen LogP contribution in [-0.4, -0.2) is 15.0 Å². The average molecular weight is 313 g/mol. The van der Waals surface area contributed by atoms with Crippen LogP contribution >= 0.6 is 11.3 Å². The molecule has 4 aromatic heterocycles. The van der Waals surface area contributed by atoms with E-state index in [0.717, 1.165) is 37.2 Å². The molecule has 4 heteroatoms. The molecule has 0 aliphatic rings. The van der Waals surface area contributed by atoms with Gasteiger partial charge in [0.25, 0.3) is 0 Å². The Morgan fingerprint density at radius 1 is 0.696 bits per heavy atom. The molecule has 23 heavy (non-hydrogen) atoms. The first-order valence-electron chi connectivity index (χ1n) is 7.38. The van der Waals surface area contributed by atoms with Gasteiger partial charge in [0.2, 0.25) is 0 Å². The highest BCUT2D eigenvalue weighted by molar-refractivity contribution is 7.25. The largest absolute Gasteiger partial charge is 0.254 e. The van der Waals surface area contributed by atoms with Crippen molar-refractivity contribution in [1.82, 2.24) is 15.0 Å². The van der Waals surface area contributed by atoms with Gasteiger partial charge in [0.15, 0.2) is 0 Å². The van der Waals surface area contributed by atoms with Crippen LogP contribution in [0.1, 0.15) is 0 Å². The molecule has 0 amide bonds. The molecule has 0 unspecified atom stereocenters. The summed E-state index contributed by atoms with van der Waals surface area (Å²) in [4.78, 5) is 15.8. The van der Waals surface area contributed by atoms with Crippen LogP contribution in [0.5, 0.6) is 0 Å². The molecule has 0 aliphatic carbocycles. The van der Waals surface area contributed by atoms with Crippen LogP contribution in [0, 0.1) is 0 Å². The van der Waals surface area contributed by atoms with Crippen molar-refractivity contribution in [3.8, 4) is 11.4 Å². The van der Waals surface area contributed by atoms with Crippen molar-refractivity contribution in [2.45, 2.75) is 0 Å². The Balaban J connectivity index is 1.73. The molecule has 3 nitrogen and oxygen atoms in total. The topological polar surface area (TPSA) is 38.7 Å². The third-order valence-corrected chi connectivity index (χ3v) is 5.03. The first kappa shape index (κ1) is 12.7. The summed E-state index contributed by atoms with van der Waals surface area (Å²) in [5.41, 5.74) is 1.80. The van der Waals surface area contributed by atoms with Crippen molar-refractivity contribution in [2.75, 3.05) is 0 Å². The number of rotatable bonds is 1. The van der Waals surface area contributed by atoms with E-state index in [2.05, 4.69) is 40.3 Å². The lowest BCUT2D eigenvalue weighted by atomic mass is 10.1. The Morgan fingerprint density at radius 3 is 2.52 bits per heavy atom. The van der Waals surface area contributed by atoms with Crippen LogP contribution in [0.3, 0.4) is 0 Å². The van der Waals surface area contributed by atoms with Crippen LogP contribution in [0.2, 0.25) is 0 Å². The first-order valence-corrected chi connectivity index (χ1v) is 8.19. The van der Waals surface area contributed by atoms with Crippen molar-refractivity contribution in [3.63, 3.8) is 0 Å². The third kappa shape index (κ3) is 1.99. The van der Waals surface area contributed by atoms with Crippen molar-refractivity contribution in [2.24, 2.45) is 0 Å². The molecule has 0 fully saturated rings. The van der Waals surface area contributed by atoms with Crippen LogP contribution < -0.4 is 0 Å². The quantitative estimate of drug-likeness (QED) is 0.434. The van der Waals surface area contributed by atoms with E-state index in [1.165, 1.54) is 5.39 Å². The van der Waals surface area contributed by atoms with Gasteiger partial charge in [0.05, 0.1) is 11.4 Å². The molecule has 5 rings (SSSR count). The molecule has 0 spiro atoms. The fraction of sp³-hybridized carbons (Fsp3) is 0. The van der Waals surface area contributed by atoms with Crippen molar-refractivity contribution in [3.05, 3.63) is 67.0 Å². The Labute approximate surface area is 136 Å². The van der Waals surface area contributed by atoms with Gasteiger partial charge in [-0.1, -0.05) is 35.6 Å². The van der Waals surface area contributed by atoms with E-state index in [9.17, 15) is 0 Å². The lowest BCUT2D eigenvalue weighted by molar-refractivity contribution is 1.30. The summed E-state index contributed by atoms with van der Waals surface area (Å²) in [5, 5.41) is 4.64. The summed E-state index contributed by atoms with van der Waals surface area (Å²) in [7, 11) is 0. The molecule has 0 N–H and O–H groups in total. The summed E-state index contributed by atoms with van der Waals surface area (Å²) in [6, 6.07) is 18.5. The average Bonchev–Trinajstić information content (AvgIpc) is 2.99. The third-order valence-electron chi connectivity index (χ3n) is 4.01. The summed E-state index contributed by atoms with van der Waals surface area (Å²) < 4.78 is 0. The minimum absolute atomic E-state index is 0.898. The lowest BCUT2D eigenvalue weighted by Crippen LogP contribution is -1.87. The highest BCUT2D eigenvalue weighted by Crippen LogP contribution is 2.32. The van der Waals surface area contributed by atoms with Gasteiger partial charge in [-0.15, -0.1) is 0 Å². The van der Waals surface area contributed by atoms with E-state index in [1.54, 1.807) is 11.3 Å². The Hall–Kier alpha value is -2.85. The molecule has 1 aromatic carbocycles. The molecule has 0 bridgehead atoms. The normalized spacial score (nSPS) is 11.5. The Bertz CT molecular complexity index is 1180. The summed E-state index contributed by atoms with van der Waals surface area (Å²) in [6.45, 7) is 0. The Kier molecular flexibility index (Phi) is 2.66. The molecular formula is C19H11N3S. The number of fused-ring (bicyclic) bond motifs is 4. The van der Waals surface area contributed by atoms with Gasteiger partial charge in [-0.25, -0.2) is 9.97 Å². The molecule has 0 radical (unpaired) electrons. The monoisotopic (exact) mass is 313 g/mol. The van der Waals surface area contributed by atoms with Crippen LogP contribution in [0.4, 0.5) is 0 Å². The molecule has 5 aromatic rings. The maximum atomic E-state index is 4.81. The summed E-state index contributed by atoms with van der Waals surface area (Å²) in [6.07, 6.45) is 3.73. The number of nitrogens with zero attached hydrogens (tertiary/aromatic N) is 3. The fourth-order valence-electron chi connectivity index (χ4n) is 2.86. The standard InChI is InChI=1S/C19H11N3S/c1-2-5-13-11-21-17(10-12(13)4-1)16-8-7-15-14-6-3-9-20-18(14)23-19(15)22-16/h1-11H. The highest BCUT2D eigenvalue weighted by atomic mass is 32.1. The number of thiophene rings is 1. The molecule has 0 saturated heterocycles. The van der Waals surface area contributed by atoms with Crippen molar-refractivity contribution < 1.29 is 0 Å². The van der Waals surface area contributed by atoms with Gasteiger partial charge in [-0.3, -0.25) is 4.98 Å². The zero-order valence-corrected chi connectivity index (χ0v) is 12.9. The number of hydrogen-bond acceptors (Lipinski definition) is 4. The SMILES string of the molecule is c1ccc2cc(-c3ccc4c(n3)sc3ncccc34)ncc2c1. The van der Waals surface area contributed by atoms with Crippen molar-refractivity contribution >= 4 is 42.5 Å². The second-order valence-corrected chi connectivity index (χ2v) is 6.40. The van der Waals surface area contributed by atoms with Gasteiger partial charge in [-0.05, 0) is 35.7 Å². The van der Waals surface area contributed by atoms with Gasteiger partial charge in [-0.2, -0.15) is 0 Å². The maximum absolute atomic E-state index is 4.81. The van der Waals surface area contributed by atoms with E-state index in [-0.39, 0.29) is 0 Å². The predicted molar refractivity (Wildman–Crippen MR) is 95.7 cm³/mol. The zero-order chi connectivity index (χ0) is 15.2. The molecule has 108 valence electrons. The minimum atomic E-state index is 0.898. The molecular weight excluding hydrogens is 302 g/mol. The van der Waals surface area contributed by atoms with E-state index in [4.69, 9.17) is 4.98 Å². The number of benzene rings is 1. The minimum Gasteiger partial charge on any atom is -0.254 e. The second-order valence-electron chi connectivity index (χ2n) is 5.42. The highest BCUT2D eigenvalue weighted by Gasteiger charge is 2.09. The molecule has 0 saturated carbocycles. The summed E-state index contributed by atoms with van der Waals surface area (Å²) in [5.74, 6) is 0. The van der Waals surface area contributed by atoms with E-state index in [0.29, 0.717) is 0 Å². The van der Waals surface area contributed by atoms with Gasteiger partial charge >= 0.3 is 0 Å². The molecule has 4 heterocycles. The van der Waals surface area contributed by atoms with Gasteiger partial charge < -0.3 is 0 Å². The van der Waals surface area contributed by atoms with Crippen LogP contribution in [0.25, 0.3) is 42.6 Å². The van der Waals surface area contributed by atoms with E-state index in [1.807, 2.05) is 36.7 Å². The van der Waals surface area contributed by atoms with E-state index >= 15 is 0 Å². The molecule has 0 aliphatic heterocycles. The Morgan fingerprint density at radius 2 is 1.57 bits per heavy atom. The van der Waals surface area contributed by atoms with Gasteiger partial charge in [0.1, 0.15) is 9.66 Å². The number of hydrogen-bond donors (Lipinski definition) is 0. The lowest BCUT2D eigenvalue weighted by Gasteiger charge is -2.02. The molecule has 0 atom stereocenters. The fourth-order valence-corrected chi connectivity index (χ4v) is 3.87. The van der Waals surface area contributed by atoms with E-state index < -0.39 is 0 Å². The number of pyridine rings is 3. The second kappa shape index (κ2) is 4.83. The van der Waals surface area contributed by atoms with Crippen LogP contribution in [0.15, 0.2) is 67.0 Å². The maximum Gasteiger partial charge on any atom is 0.126 e. The van der Waals surface area contributed by atoms with Crippen molar-refractivity contribution in [1.29, 1.82) is 0 Å². The predicted octanol–water partition coefficient (Wildman–Crippen LogP) is 5.06. The summed E-state index contributed by atoms with van der Waals surface area (Å²) >= 11 is 1.62. The number of aromatic nitrogens is 3.